The molecule has 3 rings (SSSR count). The van der Waals surface area contributed by atoms with Gasteiger partial charge in [-0.05, 0) is 36.2 Å². The highest BCUT2D eigenvalue weighted by Gasteiger charge is 2.24. The summed E-state index contributed by atoms with van der Waals surface area (Å²) in [6, 6.07) is 14.3. The lowest BCUT2D eigenvalue weighted by molar-refractivity contribution is 0.467. The van der Waals surface area contributed by atoms with Crippen molar-refractivity contribution in [1.29, 1.82) is 0 Å². The molecule has 1 aromatic heterocycles. The molecule has 0 atom stereocenters. The molecule has 0 spiro atoms. The molecule has 1 heterocycles. The van der Waals surface area contributed by atoms with E-state index in [1.807, 2.05) is 37.3 Å². The first kappa shape index (κ1) is 16.9. The first-order valence-electron chi connectivity index (χ1n) is 7.45. The fourth-order valence-corrected chi connectivity index (χ4v) is 4.08. The quantitative estimate of drug-likeness (QED) is 0.706. The zero-order valence-corrected chi connectivity index (χ0v) is 15.0. The minimum Gasteiger partial charge on any atom is -0.255 e. The second kappa shape index (κ2) is 6.51. The maximum Gasteiger partial charge on any atom is 0.245 e. The molecule has 6 heteroatoms. The number of rotatable bonds is 4. The Kier molecular flexibility index (Phi) is 4.58. The molecule has 124 valence electrons. The average Bonchev–Trinajstić information content (AvgIpc) is 2.56. The summed E-state index contributed by atoms with van der Waals surface area (Å²) in [4.78, 5) is 4.53. The van der Waals surface area contributed by atoms with Crippen molar-refractivity contribution in [2.24, 2.45) is 0 Å². The molecule has 24 heavy (non-hydrogen) atoms. The number of sulfonamides is 1. The highest BCUT2D eigenvalue weighted by molar-refractivity contribution is 7.89. The van der Waals surface area contributed by atoms with Crippen LogP contribution >= 0.6 is 11.6 Å². The molecule has 0 N–H and O–H groups in total. The summed E-state index contributed by atoms with van der Waals surface area (Å²) in [7, 11) is -2.13. The molecule has 0 saturated carbocycles. The van der Waals surface area contributed by atoms with Gasteiger partial charge < -0.3 is 0 Å². The maximum absolute atomic E-state index is 13.0. The van der Waals surface area contributed by atoms with Crippen LogP contribution in [-0.4, -0.2) is 24.8 Å². The van der Waals surface area contributed by atoms with E-state index in [1.54, 1.807) is 31.4 Å². The summed E-state index contributed by atoms with van der Waals surface area (Å²) >= 11 is 6.14. The summed E-state index contributed by atoms with van der Waals surface area (Å²) in [5.41, 5.74) is 2.23. The van der Waals surface area contributed by atoms with Crippen molar-refractivity contribution < 1.29 is 8.42 Å². The second-order valence-electron chi connectivity index (χ2n) is 5.69. The molecule has 4 nitrogen and oxygen atoms in total. The van der Waals surface area contributed by atoms with Gasteiger partial charge in [0.25, 0.3) is 0 Å². The van der Waals surface area contributed by atoms with Gasteiger partial charge in [-0.25, -0.2) is 8.42 Å². The zero-order valence-electron chi connectivity index (χ0n) is 13.4. The van der Waals surface area contributed by atoms with Gasteiger partial charge in [0.1, 0.15) is 4.90 Å². The normalized spacial score (nSPS) is 12.0. The fourth-order valence-electron chi connectivity index (χ4n) is 2.57. The van der Waals surface area contributed by atoms with Crippen molar-refractivity contribution in [1.82, 2.24) is 9.29 Å². The summed E-state index contributed by atoms with van der Waals surface area (Å²) in [5, 5.41) is 1.36. The van der Waals surface area contributed by atoms with Gasteiger partial charge in [-0.2, -0.15) is 4.31 Å². The number of pyridine rings is 1. The van der Waals surface area contributed by atoms with Gasteiger partial charge in [0.05, 0.1) is 5.52 Å². The van der Waals surface area contributed by atoms with Crippen LogP contribution in [0.1, 0.15) is 11.1 Å². The number of hydrogen-bond donors (Lipinski definition) is 0. The van der Waals surface area contributed by atoms with E-state index < -0.39 is 10.0 Å². The van der Waals surface area contributed by atoms with E-state index in [2.05, 4.69) is 4.98 Å². The van der Waals surface area contributed by atoms with Crippen molar-refractivity contribution in [3.63, 3.8) is 0 Å². The third kappa shape index (κ3) is 3.15. The number of para-hydroxylation sites is 1. The number of hydrogen-bond acceptors (Lipinski definition) is 3. The van der Waals surface area contributed by atoms with Crippen LogP contribution < -0.4 is 0 Å². The van der Waals surface area contributed by atoms with Gasteiger partial charge in [0.15, 0.2) is 0 Å². The largest absolute Gasteiger partial charge is 0.255 e. The lowest BCUT2D eigenvalue weighted by Crippen LogP contribution is -2.27. The van der Waals surface area contributed by atoms with Crippen molar-refractivity contribution in [2.75, 3.05) is 7.05 Å². The van der Waals surface area contributed by atoms with Gasteiger partial charge in [-0.15, -0.1) is 0 Å². The smallest absolute Gasteiger partial charge is 0.245 e. The van der Waals surface area contributed by atoms with E-state index in [0.29, 0.717) is 10.5 Å². The van der Waals surface area contributed by atoms with E-state index in [0.717, 1.165) is 16.5 Å². The standard InChI is InChI=1S/C18H17ClN2O2S/c1-13-10-14-7-5-9-17(18(14)20-11-13)24(22,23)21(2)12-15-6-3-4-8-16(15)19/h3-11H,12H2,1-2H3. The van der Waals surface area contributed by atoms with Gasteiger partial charge in [-0.1, -0.05) is 41.9 Å². The molecular formula is C18H17ClN2O2S. The van der Waals surface area contributed by atoms with E-state index in [4.69, 9.17) is 11.6 Å². The fraction of sp³-hybridized carbons (Fsp3) is 0.167. The molecule has 2 aromatic carbocycles. The third-order valence-corrected chi connectivity index (χ3v) is 6.05. The molecular weight excluding hydrogens is 344 g/mol. The first-order valence-corrected chi connectivity index (χ1v) is 9.26. The molecule has 0 aliphatic rings. The zero-order chi connectivity index (χ0) is 17.3. The van der Waals surface area contributed by atoms with Crippen LogP contribution in [0.4, 0.5) is 0 Å². The number of aromatic nitrogens is 1. The highest BCUT2D eigenvalue weighted by Crippen LogP contribution is 2.26. The van der Waals surface area contributed by atoms with E-state index in [9.17, 15) is 8.42 Å². The Bertz CT molecular complexity index is 1000. The van der Waals surface area contributed by atoms with E-state index in [-0.39, 0.29) is 11.4 Å². The molecule has 0 saturated heterocycles. The number of aryl methyl sites for hydroxylation is 1. The van der Waals surface area contributed by atoms with Crippen LogP contribution in [0.5, 0.6) is 0 Å². The molecule has 0 amide bonds. The molecule has 0 radical (unpaired) electrons. The maximum atomic E-state index is 13.0. The van der Waals surface area contributed by atoms with Crippen molar-refractivity contribution in [2.45, 2.75) is 18.4 Å². The van der Waals surface area contributed by atoms with Crippen LogP contribution in [0.2, 0.25) is 5.02 Å². The third-order valence-electron chi connectivity index (χ3n) is 3.85. The predicted octanol–water partition coefficient (Wildman–Crippen LogP) is 4.02. The number of benzene rings is 2. The van der Waals surface area contributed by atoms with Crippen LogP contribution in [0, 0.1) is 6.92 Å². The Labute approximate surface area is 146 Å². The van der Waals surface area contributed by atoms with Crippen LogP contribution in [0.15, 0.2) is 59.6 Å². The summed E-state index contributed by atoms with van der Waals surface area (Å²) in [6.07, 6.45) is 1.68. The predicted molar refractivity (Wildman–Crippen MR) is 96.6 cm³/mol. The molecule has 0 unspecified atom stereocenters. The Balaban J connectivity index is 2.03. The Hall–Kier alpha value is -1.95. The summed E-state index contributed by atoms with van der Waals surface area (Å²) < 4.78 is 27.3. The number of fused-ring (bicyclic) bond motifs is 1. The van der Waals surface area contributed by atoms with Crippen molar-refractivity contribution in [3.8, 4) is 0 Å². The van der Waals surface area contributed by atoms with Gasteiger partial charge in [0.2, 0.25) is 10.0 Å². The molecule has 0 aliphatic carbocycles. The minimum absolute atomic E-state index is 0.199. The first-order chi connectivity index (χ1) is 11.4. The second-order valence-corrected chi connectivity index (χ2v) is 8.11. The van der Waals surface area contributed by atoms with Crippen LogP contribution in [-0.2, 0) is 16.6 Å². The SMILES string of the molecule is Cc1cnc2c(S(=O)(=O)N(C)Cc3ccccc3Cl)cccc2c1. The van der Waals surface area contributed by atoms with E-state index >= 15 is 0 Å². The topological polar surface area (TPSA) is 50.3 Å². The summed E-state index contributed by atoms with van der Waals surface area (Å²) in [5.74, 6) is 0. The molecule has 0 aliphatic heterocycles. The van der Waals surface area contributed by atoms with E-state index in [1.165, 1.54) is 4.31 Å². The summed E-state index contributed by atoms with van der Waals surface area (Å²) in [6.45, 7) is 2.13. The Morgan fingerprint density at radius 1 is 1.12 bits per heavy atom. The molecule has 0 fully saturated rings. The minimum atomic E-state index is -3.68. The average molecular weight is 361 g/mol. The van der Waals surface area contributed by atoms with Gasteiger partial charge >= 0.3 is 0 Å². The van der Waals surface area contributed by atoms with Crippen molar-refractivity contribution >= 4 is 32.5 Å². The van der Waals surface area contributed by atoms with Gasteiger partial charge in [0, 0.05) is 30.2 Å². The molecule has 3 aromatic rings. The van der Waals surface area contributed by atoms with Crippen LogP contribution in [0.3, 0.4) is 0 Å². The van der Waals surface area contributed by atoms with Crippen LogP contribution in [0.25, 0.3) is 10.9 Å². The highest BCUT2D eigenvalue weighted by atomic mass is 35.5. The number of nitrogens with zero attached hydrogens (tertiary/aromatic N) is 2. The monoisotopic (exact) mass is 360 g/mol. The lowest BCUT2D eigenvalue weighted by Gasteiger charge is -2.19. The Morgan fingerprint density at radius 3 is 2.62 bits per heavy atom. The van der Waals surface area contributed by atoms with Crippen molar-refractivity contribution in [3.05, 3.63) is 70.9 Å². The van der Waals surface area contributed by atoms with Gasteiger partial charge in [-0.3, -0.25) is 4.98 Å². The Morgan fingerprint density at radius 2 is 1.88 bits per heavy atom. The molecule has 0 bridgehead atoms. The number of halogens is 1. The lowest BCUT2D eigenvalue weighted by atomic mass is 10.2.